The van der Waals surface area contributed by atoms with Crippen LogP contribution in [-0.4, -0.2) is 39.5 Å². The number of aromatic nitrogens is 4. The molecular formula is C21H25N5O2. The molecule has 0 radical (unpaired) electrons. The molecule has 28 heavy (non-hydrogen) atoms. The number of benzene rings is 1. The fourth-order valence-electron chi connectivity index (χ4n) is 3.28. The number of aryl methyl sites for hydroxylation is 2. The van der Waals surface area contributed by atoms with E-state index in [1.165, 1.54) is 5.56 Å². The molecule has 0 amide bonds. The lowest BCUT2D eigenvalue weighted by Gasteiger charge is -2.28. The third-order valence-electron chi connectivity index (χ3n) is 4.88. The van der Waals surface area contributed by atoms with Gasteiger partial charge in [0.05, 0.1) is 18.1 Å². The minimum Gasteiger partial charge on any atom is -0.486 e. The first kappa shape index (κ1) is 18.3. The lowest BCUT2D eigenvalue weighted by atomic mass is 9.84. The van der Waals surface area contributed by atoms with Gasteiger partial charge in [-0.15, -0.1) is 0 Å². The van der Waals surface area contributed by atoms with Crippen LogP contribution in [0.2, 0.25) is 0 Å². The van der Waals surface area contributed by atoms with E-state index in [2.05, 4.69) is 46.4 Å². The van der Waals surface area contributed by atoms with E-state index in [4.69, 9.17) is 9.47 Å². The highest BCUT2D eigenvalue weighted by molar-refractivity contribution is 5.46. The maximum absolute atomic E-state index is 5.72. The van der Waals surface area contributed by atoms with Gasteiger partial charge in [-0.3, -0.25) is 4.98 Å². The van der Waals surface area contributed by atoms with Crippen molar-refractivity contribution in [3.63, 3.8) is 0 Å². The number of hydrogen-bond donors (Lipinski definition) is 1. The number of nitrogens with one attached hydrogen (secondary N) is 1. The topological polar surface area (TPSA) is 74.1 Å². The van der Waals surface area contributed by atoms with Gasteiger partial charge < -0.3 is 14.8 Å². The lowest BCUT2D eigenvalue weighted by Crippen LogP contribution is -2.28. The van der Waals surface area contributed by atoms with Gasteiger partial charge in [0.25, 0.3) is 0 Å². The molecule has 1 N–H and O–H groups in total. The minimum atomic E-state index is -0.133. The van der Waals surface area contributed by atoms with Crippen LogP contribution in [0.4, 0.5) is 5.82 Å². The summed E-state index contributed by atoms with van der Waals surface area (Å²) in [7, 11) is 0. The Kier molecular flexibility index (Phi) is 4.66. The maximum atomic E-state index is 5.72. The molecule has 0 aliphatic carbocycles. The highest BCUT2D eigenvalue weighted by Crippen LogP contribution is 2.35. The summed E-state index contributed by atoms with van der Waals surface area (Å²) >= 11 is 0. The van der Waals surface area contributed by atoms with E-state index in [-0.39, 0.29) is 5.41 Å². The average molecular weight is 379 g/mol. The Hall–Kier alpha value is -3.09. The molecule has 0 saturated carbocycles. The van der Waals surface area contributed by atoms with Crippen LogP contribution < -0.4 is 14.8 Å². The van der Waals surface area contributed by atoms with Crippen LogP contribution in [0.5, 0.6) is 11.5 Å². The number of ether oxygens (including phenoxy) is 2. The molecule has 1 aromatic carbocycles. The molecule has 3 heterocycles. The SMILES string of the molecule is Cc1cc(C)n(-c2cncc(NCC(C)(C)c3ccc4c(c3)OCCO4)n2)n1. The highest BCUT2D eigenvalue weighted by atomic mass is 16.6. The van der Waals surface area contributed by atoms with Crippen molar-refractivity contribution in [3.05, 3.63) is 53.6 Å². The predicted molar refractivity (Wildman–Crippen MR) is 108 cm³/mol. The summed E-state index contributed by atoms with van der Waals surface area (Å²) in [4.78, 5) is 8.99. The summed E-state index contributed by atoms with van der Waals surface area (Å²) in [5.74, 6) is 3.04. The van der Waals surface area contributed by atoms with Gasteiger partial charge in [-0.05, 0) is 37.6 Å². The predicted octanol–water partition coefficient (Wildman–Crippen LogP) is 3.44. The quantitative estimate of drug-likeness (QED) is 0.732. The van der Waals surface area contributed by atoms with Crippen LogP contribution in [-0.2, 0) is 5.41 Å². The summed E-state index contributed by atoms with van der Waals surface area (Å²) in [5.41, 5.74) is 3.02. The first-order valence-corrected chi connectivity index (χ1v) is 9.42. The van der Waals surface area contributed by atoms with E-state index in [0.29, 0.717) is 25.6 Å². The average Bonchev–Trinajstić information content (AvgIpc) is 3.04. The molecule has 0 spiro atoms. The Morgan fingerprint density at radius 1 is 1.07 bits per heavy atom. The second-order valence-corrected chi connectivity index (χ2v) is 7.70. The molecule has 1 aliphatic heterocycles. The third-order valence-corrected chi connectivity index (χ3v) is 4.88. The van der Waals surface area contributed by atoms with Crippen LogP contribution >= 0.6 is 0 Å². The standard InChI is InChI=1S/C21H25N5O2/c1-14-9-15(2)26(25-14)20-12-22-11-19(24-20)23-13-21(3,4)16-5-6-17-18(10-16)28-8-7-27-17/h5-6,9-12H,7-8,13H2,1-4H3,(H,23,24). The van der Waals surface area contributed by atoms with E-state index in [1.54, 1.807) is 17.1 Å². The molecule has 7 nitrogen and oxygen atoms in total. The highest BCUT2D eigenvalue weighted by Gasteiger charge is 2.23. The zero-order valence-electron chi connectivity index (χ0n) is 16.7. The van der Waals surface area contributed by atoms with E-state index < -0.39 is 0 Å². The monoisotopic (exact) mass is 379 g/mol. The van der Waals surface area contributed by atoms with Gasteiger partial charge in [0.15, 0.2) is 17.3 Å². The summed E-state index contributed by atoms with van der Waals surface area (Å²) in [6.45, 7) is 10.2. The Bertz CT molecular complexity index is 996. The van der Waals surface area contributed by atoms with Crippen LogP contribution in [0.15, 0.2) is 36.7 Å². The zero-order chi connectivity index (χ0) is 19.7. The van der Waals surface area contributed by atoms with E-state index >= 15 is 0 Å². The second kappa shape index (κ2) is 7.14. The van der Waals surface area contributed by atoms with Crippen molar-refractivity contribution in [2.75, 3.05) is 25.1 Å². The Morgan fingerprint density at radius 3 is 2.61 bits per heavy atom. The Labute approximate surface area is 164 Å². The molecule has 0 saturated heterocycles. The van der Waals surface area contributed by atoms with Crippen molar-refractivity contribution < 1.29 is 9.47 Å². The number of fused-ring (bicyclic) bond motifs is 1. The molecule has 7 heteroatoms. The van der Waals surface area contributed by atoms with Gasteiger partial charge in [-0.2, -0.15) is 5.10 Å². The van der Waals surface area contributed by atoms with Gasteiger partial charge in [0, 0.05) is 17.7 Å². The lowest BCUT2D eigenvalue weighted by molar-refractivity contribution is 0.171. The smallest absolute Gasteiger partial charge is 0.174 e. The molecule has 0 atom stereocenters. The van der Waals surface area contributed by atoms with Crippen molar-refractivity contribution in [2.24, 2.45) is 0 Å². The van der Waals surface area contributed by atoms with E-state index in [1.807, 2.05) is 26.0 Å². The van der Waals surface area contributed by atoms with Crippen molar-refractivity contribution in [2.45, 2.75) is 33.1 Å². The minimum absolute atomic E-state index is 0.133. The number of anilines is 1. The molecule has 146 valence electrons. The van der Waals surface area contributed by atoms with Crippen LogP contribution in [0.1, 0.15) is 30.8 Å². The fraction of sp³-hybridized carbons (Fsp3) is 0.381. The van der Waals surface area contributed by atoms with Crippen LogP contribution in [0.25, 0.3) is 5.82 Å². The Morgan fingerprint density at radius 2 is 1.86 bits per heavy atom. The normalized spacial score (nSPS) is 13.4. The van der Waals surface area contributed by atoms with Crippen molar-refractivity contribution in [1.82, 2.24) is 19.7 Å². The number of nitrogens with zero attached hydrogens (tertiary/aromatic N) is 4. The largest absolute Gasteiger partial charge is 0.486 e. The van der Waals surface area contributed by atoms with Crippen molar-refractivity contribution in [1.29, 1.82) is 0 Å². The molecule has 2 aromatic heterocycles. The van der Waals surface area contributed by atoms with E-state index in [0.717, 1.165) is 28.7 Å². The van der Waals surface area contributed by atoms with Crippen molar-refractivity contribution in [3.8, 4) is 17.3 Å². The summed E-state index contributed by atoms with van der Waals surface area (Å²) in [6, 6.07) is 8.16. The number of hydrogen-bond acceptors (Lipinski definition) is 6. The van der Waals surface area contributed by atoms with E-state index in [9.17, 15) is 0 Å². The summed E-state index contributed by atoms with van der Waals surface area (Å²) in [6.07, 6.45) is 3.45. The summed E-state index contributed by atoms with van der Waals surface area (Å²) < 4.78 is 13.1. The zero-order valence-corrected chi connectivity index (χ0v) is 16.7. The molecular weight excluding hydrogens is 354 g/mol. The summed E-state index contributed by atoms with van der Waals surface area (Å²) in [5, 5.41) is 7.89. The fourth-order valence-corrected chi connectivity index (χ4v) is 3.28. The van der Waals surface area contributed by atoms with Gasteiger partial charge in [0.2, 0.25) is 0 Å². The van der Waals surface area contributed by atoms with Crippen LogP contribution in [0, 0.1) is 13.8 Å². The third kappa shape index (κ3) is 3.65. The van der Waals surface area contributed by atoms with Gasteiger partial charge in [-0.25, -0.2) is 9.67 Å². The van der Waals surface area contributed by atoms with Gasteiger partial charge in [0.1, 0.15) is 19.0 Å². The molecule has 4 rings (SSSR count). The van der Waals surface area contributed by atoms with Crippen LogP contribution in [0.3, 0.4) is 0 Å². The first-order chi connectivity index (χ1) is 13.4. The molecule has 0 bridgehead atoms. The number of rotatable bonds is 5. The Balaban J connectivity index is 1.51. The first-order valence-electron chi connectivity index (χ1n) is 9.42. The van der Waals surface area contributed by atoms with Gasteiger partial charge in [-0.1, -0.05) is 19.9 Å². The molecule has 0 fully saturated rings. The molecule has 1 aliphatic rings. The molecule has 3 aromatic rings. The second-order valence-electron chi connectivity index (χ2n) is 7.70. The maximum Gasteiger partial charge on any atom is 0.174 e. The van der Waals surface area contributed by atoms with Crippen molar-refractivity contribution >= 4 is 5.82 Å². The van der Waals surface area contributed by atoms with Gasteiger partial charge >= 0.3 is 0 Å². The molecule has 0 unspecified atom stereocenters.